The van der Waals surface area contributed by atoms with Crippen molar-refractivity contribution in [2.24, 2.45) is 0 Å². The number of hydrogen-bond donors (Lipinski definition) is 0. The van der Waals surface area contributed by atoms with Crippen LogP contribution in [0.3, 0.4) is 0 Å². The Morgan fingerprint density at radius 1 is 1.25 bits per heavy atom. The highest BCUT2D eigenvalue weighted by atomic mass is 79.9. The maximum Gasteiger partial charge on any atom is 0.168 e. The van der Waals surface area contributed by atoms with Crippen molar-refractivity contribution in [2.75, 3.05) is 0 Å². The number of aromatic nitrogens is 2. The molecule has 1 heterocycles. The molecule has 4 heteroatoms. The van der Waals surface area contributed by atoms with Crippen LogP contribution in [-0.4, -0.2) is 16.3 Å². The van der Waals surface area contributed by atoms with Gasteiger partial charge in [0, 0.05) is 17.1 Å². The molecule has 1 aromatic carbocycles. The quantitative estimate of drug-likeness (QED) is 0.810. The molecule has 0 saturated carbocycles. The van der Waals surface area contributed by atoms with Crippen LogP contribution in [0.4, 0.5) is 0 Å². The first-order chi connectivity index (χ1) is 7.79. The van der Waals surface area contributed by atoms with E-state index in [1.807, 2.05) is 24.3 Å². The Morgan fingerprint density at radius 3 is 2.81 bits per heavy atom. The van der Waals surface area contributed by atoms with Crippen LogP contribution < -0.4 is 0 Å². The van der Waals surface area contributed by atoms with Crippen LogP contribution in [-0.2, 0) is 6.42 Å². The molecular formula is C12H9BrN2O. The monoisotopic (exact) mass is 276 g/mol. The molecule has 0 aliphatic carbocycles. The molecule has 0 unspecified atom stereocenters. The summed E-state index contributed by atoms with van der Waals surface area (Å²) in [6.45, 7) is 0. The van der Waals surface area contributed by atoms with Gasteiger partial charge >= 0.3 is 0 Å². The van der Waals surface area contributed by atoms with Gasteiger partial charge in [0.15, 0.2) is 6.29 Å². The zero-order valence-electron chi connectivity index (χ0n) is 8.43. The third-order valence-corrected chi connectivity index (χ3v) is 2.93. The van der Waals surface area contributed by atoms with Crippen molar-refractivity contribution < 1.29 is 4.79 Å². The van der Waals surface area contributed by atoms with Gasteiger partial charge in [-0.15, -0.1) is 0 Å². The normalized spacial score (nSPS) is 10.1. The molecule has 0 fully saturated rings. The summed E-state index contributed by atoms with van der Waals surface area (Å²) in [5, 5.41) is 0. The number of aldehydes is 1. The van der Waals surface area contributed by atoms with Crippen molar-refractivity contribution in [2.45, 2.75) is 6.42 Å². The van der Waals surface area contributed by atoms with Gasteiger partial charge in [0.05, 0.1) is 0 Å². The first kappa shape index (κ1) is 11.0. The number of rotatable bonds is 3. The summed E-state index contributed by atoms with van der Waals surface area (Å²) in [5.41, 5.74) is 1.52. The molecule has 0 atom stereocenters. The van der Waals surface area contributed by atoms with E-state index in [-0.39, 0.29) is 0 Å². The molecular weight excluding hydrogens is 268 g/mol. The van der Waals surface area contributed by atoms with Gasteiger partial charge in [-0.2, -0.15) is 0 Å². The van der Waals surface area contributed by atoms with Gasteiger partial charge < -0.3 is 0 Å². The number of nitrogens with zero attached hydrogens (tertiary/aromatic N) is 2. The highest BCUT2D eigenvalue weighted by molar-refractivity contribution is 9.10. The summed E-state index contributed by atoms with van der Waals surface area (Å²) in [6, 6.07) is 9.48. The Morgan fingerprint density at radius 2 is 2.06 bits per heavy atom. The summed E-state index contributed by atoms with van der Waals surface area (Å²) in [6.07, 6.45) is 2.94. The lowest BCUT2D eigenvalue weighted by Gasteiger charge is -2.03. The molecule has 2 aromatic rings. The maximum absolute atomic E-state index is 10.6. The van der Waals surface area contributed by atoms with E-state index >= 15 is 0 Å². The van der Waals surface area contributed by atoms with Crippen LogP contribution in [0.5, 0.6) is 0 Å². The predicted molar refractivity (Wildman–Crippen MR) is 64.4 cm³/mol. The van der Waals surface area contributed by atoms with Crippen LogP contribution in [0.15, 0.2) is 41.0 Å². The van der Waals surface area contributed by atoms with Gasteiger partial charge in [-0.1, -0.05) is 34.1 Å². The van der Waals surface area contributed by atoms with Gasteiger partial charge in [-0.05, 0) is 17.7 Å². The molecule has 3 nitrogen and oxygen atoms in total. The maximum atomic E-state index is 10.6. The third-order valence-electron chi connectivity index (χ3n) is 2.15. The van der Waals surface area contributed by atoms with E-state index < -0.39 is 0 Å². The topological polar surface area (TPSA) is 42.9 Å². The van der Waals surface area contributed by atoms with Gasteiger partial charge in [-0.3, -0.25) is 4.79 Å². The molecule has 0 bridgehead atoms. The molecule has 0 amide bonds. The van der Waals surface area contributed by atoms with E-state index in [1.165, 1.54) is 0 Å². The summed E-state index contributed by atoms with van der Waals surface area (Å²) in [7, 11) is 0. The highest BCUT2D eigenvalue weighted by Crippen LogP contribution is 2.17. The van der Waals surface area contributed by atoms with Crippen LogP contribution in [0, 0.1) is 0 Å². The van der Waals surface area contributed by atoms with E-state index in [1.54, 1.807) is 12.3 Å². The van der Waals surface area contributed by atoms with Crippen LogP contribution >= 0.6 is 15.9 Å². The summed E-state index contributed by atoms with van der Waals surface area (Å²) >= 11 is 3.46. The lowest BCUT2D eigenvalue weighted by molar-refractivity contribution is 0.111. The molecule has 80 valence electrons. The fourth-order valence-corrected chi connectivity index (χ4v) is 1.80. The first-order valence-electron chi connectivity index (χ1n) is 4.80. The second-order valence-electron chi connectivity index (χ2n) is 3.28. The molecule has 0 aliphatic heterocycles. The van der Waals surface area contributed by atoms with Crippen molar-refractivity contribution in [1.82, 2.24) is 9.97 Å². The summed E-state index contributed by atoms with van der Waals surface area (Å²) in [5.74, 6) is 0.650. The minimum absolute atomic E-state index is 0.414. The van der Waals surface area contributed by atoms with Gasteiger partial charge in [0.1, 0.15) is 11.5 Å². The van der Waals surface area contributed by atoms with E-state index in [0.29, 0.717) is 17.9 Å². The Hall–Kier alpha value is -1.55. The molecule has 0 saturated heterocycles. The highest BCUT2D eigenvalue weighted by Gasteiger charge is 2.03. The Labute approximate surface area is 102 Å². The lowest BCUT2D eigenvalue weighted by atomic mass is 10.1. The summed E-state index contributed by atoms with van der Waals surface area (Å²) < 4.78 is 1.02. The van der Waals surface area contributed by atoms with Crippen LogP contribution in [0.2, 0.25) is 0 Å². The summed E-state index contributed by atoms with van der Waals surface area (Å²) in [4.78, 5) is 18.8. The van der Waals surface area contributed by atoms with Crippen LogP contribution in [0.1, 0.15) is 21.9 Å². The SMILES string of the molecule is O=Cc1ccnc(Cc2ccccc2Br)n1. The predicted octanol–water partition coefficient (Wildman–Crippen LogP) is 2.64. The average Bonchev–Trinajstić information content (AvgIpc) is 2.32. The Kier molecular flexibility index (Phi) is 3.41. The second kappa shape index (κ2) is 4.99. The number of benzene rings is 1. The van der Waals surface area contributed by atoms with E-state index in [0.717, 1.165) is 16.3 Å². The molecule has 0 spiro atoms. The molecule has 2 rings (SSSR count). The van der Waals surface area contributed by atoms with Crippen molar-refractivity contribution in [3.05, 3.63) is 58.1 Å². The smallest absolute Gasteiger partial charge is 0.168 e. The molecule has 1 aromatic heterocycles. The number of halogens is 1. The molecule has 0 aliphatic rings. The first-order valence-corrected chi connectivity index (χ1v) is 5.59. The average molecular weight is 277 g/mol. The van der Waals surface area contributed by atoms with E-state index in [9.17, 15) is 4.79 Å². The van der Waals surface area contributed by atoms with Gasteiger partial charge in [-0.25, -0.2) is 9.97 Å². The van der Waals surface area contributed by atoms with Crippen LogP contribution in [0.25, 0.3) is 0 Å². The Balaban J connectivity index is 2.27. The standard InChI is InChI=1S/C12H9BrN2O/c13-11-4-2-1-3-9(11)7-12-14-6-5-10(8-16)15-12/h1-6,8H,7H2. The Bertz CT molecular complexity index is 514. The second-order valence-corrected chi connectivity index (χ2v) is 4.14. The van der Waals surface area contributed by atoms with E-state index in [2.05, 4.69) is 25.9 Å². The van der Waals surface area contributed by atoms with Crippen molar-refractivity contribution in [1.29, 1.82) is 0 Å². The molecule has 0 N–H and O–H groups in total. The van der Waals surface area contributed by atoms with Crippen molar-refractivity contribution in [3.8, 4) is 0 Å². The number of carbonyl (C=O) groups is 1. The fourth-order valence-electron chi connectivity index (χ4n) is 1.38. The molecule has 16 heavy (non-hydrogen) atoms. The zero-order valence-corrected chi connectivity index (χ0v) is 10.0. The molecule has 0 radical (unpaired) electrons. The largest absolute Gasteiger partial charge is 0.296 e. The number of carbonyl (C=O) groups excluding carboxylic acids is 1. The zero-order chi connectivity index (χ0) is 11.4. The van der Waals surface area contributed by atoms with Gasteiger partial charge in [0.2, 0.25) is 0 Å². The minimum atomic E-state index is 0.414. The minimum Gasteiger partial charge on any atom is -0.296 e. The van der Waals surface area contributed by atoms with Crippen molar-refractivity contribution in [3.63, 3.8) is 0 Å². The third kappa shape index (κ3) is 2.52. The van der Waals surface area contributed by atoms with E-state index in [4.69, 9.17) is 0 Å². The lowest BCUT2D eigenvalue weighted by Crippen LogP contribution is -1.99. The van der Waals surface area contributed by atoms with Gasteiger partial charge in [0.25, 0.3) is 0 Å². The van der Waals surface area contributed by atoms with Crippen molar-refractivity contribution >= 4 is 22.2 Å². The fraction of sp³-hybridized carbons (Fsp3) is 0.0833. The number of hydrogen-bond acceptors (Lipinski definition) is 3.